The van der Waals surface area contributed by atoms with Crippen molar-refractivity contribution < 1.29 is 8.42 Å². The van der Waals surface area contributed by atoms with Crippen LogP contribution in [0.25, 0.3) is 0 Å². The summed E-state index contributed by atoms with van der Waals surface area (Å²) < 4.78 is 29.2. The third kappa shape index (κ3) is 5.37. The van der Waals surface area contributed by atoms with E-state index in [1.165, 1.54) is 6.26 Å². The molecule has 1 atom stereocenters. The predicted octanol–water partition coefficient (Wildman–Crippen LogP) is 5.00. The van der Waals surface area contributed by atoms with Crippen molar-refractivity contribution in [1.29, 1.82) is 0 Å². The maximum absolute atomic E-state index is 12.9. The summed E-state index contributed by atoms with van der Waals surface area (Å²) in [6.45, 7) is 1.54. The number of anilines is 1. The molecule has 0 N–H and O–H groups in total. The Morgan fingerprint density at radius 2 is 1.81 bits per heavy atom. The number of aromatic nitrogens is 1. The standard InChI is InChI=1S/C23H23Br2N3O2S/c1-31(29,30)28-15-19-11-20(24)12-22(25)23(19)27(14-18-8-5-9-26-13-18)16-21(28)10-17-6-3-2-4-7-17/h2-9,11-13,21H,10,14-16H2,1H3. The van der Waals surface area contributed by atoms with Gasteiger partial charge >= 0.3 is 0 Å². The highest BCUT2D eigenvalue weighted by atomic mass is 79.9. The number of halogens is 2. The summed E-state index contributed by atoms with van der Waals surface area (Å²) in [5.41, 5.74) is 4.19. The number of nitrogens with zero attached hydrogens (tertiary/aromatic N) is 3. The van der Waals surface area contributed by atoms with Gasteiger partial charge < -0.3 is 4.90 Å². The van der Waals surface area contributed by atoms with Crippen LogP contribution in [0.3, 0.4) is 0 Å². The summed E-state index contributed by atoms with van der Waals surface area (Å²) in [4.78, 5) is 6.52. The van der Waals surface area contributed by atoms with Crippen molar-refractivity contribution in [1.82, 2.24) is 9.29 Å². The fourth-order valence-corrected chi connectivity index (χ4v) is 6.74. The van der Waals surface area contributed by atoms with Gasteiger partial charge in [0.1, 0.15) is 0 Å². The number of fused-ring (bicyclic) bond motifs is 1. The van der Waals surface area contributed by atoms with Crippen LogP contribution in [0.15, 0.2) is 75.9 Å². The van der Waals surface area contributed by atoms with E-state index in [1.54, 1.807) is 10.5 Å². The zero-order valence-corrected chi connectivity index (χ0v) is 21.1. The maximum Gasteiger partial charge on any atom is 0.211 e. The Labute approximate surface area is 200 Å². The van der Waals surface area contributed by atoms with Crippen molar-refractivity contribution in [3.63, 3.8) is 0 Å². The molecule has 8 heteroatoms. The van der Waals surface area contributed by atoms with Crippen LogP contribution in [-0.2, 0) is 29.5 Å². The second-order valence-corrected chi connectivity index (χ2v) is 11.5. The Hall–Kier alpha value is -1.74. The average molecular weight is 565 g/mol. The van der Waals surface area contributed by atoms with Gasteiger partial charge in [0.15, 0.2) is 0 Å². The normalized spacial score (nSPS) is 17.3. The first-order valence-electron chi connectivity index (χ1n) is 9.94. The van der Waals surface area contributed by atoms with Crippen LogP contribution in [0.4, 0.5) is 5.69 Å². The molecular formula is C23H23Br2N3O2S. The number of benzene rings is 2. The van der Waals surface area contributed by atoms with Gasteiger partial charge in [-0.1, -0.05) is 52.3 Å². The quantitative estimate of drug-likeness (QED) is 0.437. The van der Waals surface area contributed by atoms with Crippen LogP contribution in [0, 0.1) is 0 Å². The molecule has 3 aromatic rings. The summed E-state index contributed by atoms with van der Waals surface area (Å²) in [5, 5.41) is 0. The Kier molecular flexibility index (Phi) is 6.81. The second-order valence-electron chi connectivity index (χ2n) is 7.79. The van der Waals surface area contributed by atoms with E-state index in [0.29, 0.717) is 26.1 Å². The van der Waals surface area contributed by atoms with Gasteiger partial charge in [0.2, 0.25) is 10.0 Å². The molecule has 0 amide bonds. The molecule has 0 fully saturated rings. The summed E-state index contributed by atoms with van der Waals surface area (Å²) in [6.07, 6.45) is 5.56. The van der Waals surface area contributed by atoms with Crippen molar-refractivity contribution in [2.45, 2.75) is 25.6 Å². The molecule has 2 aromatic carbocycles. The van der Waals surface area contributed by atoms with Crippen molar-refractivity contribution in [2.75, 3.05) is 17.7 Å². The van der Waals surface area contributed by atoms with Gasteiger partial charge in [-0.15, -0.1) is 0 Å². The fraction of sp³-hybridized carbons (Fsp3) is 0.261. The SMILES string of the molecule is CS(=O)(=O)N1Cc2cc(Br)cc(Br)c2N(Cc2cccnc2)CC1Cc1ccccc1. The summed E-state index contributed by atoms with van der Waals surface area (Å²) >= 11 is 7.29. The van der Waals surface area contributed by atoms with Crippen LogP contribution in [-0.4, -0.2) is 36.5 Å². The second kappa shape index (κ2) is 9.40. The van der Waals surface area contributed by atoms with E-state index in [-0.39, 0.29) is 6.04 Å². The fourth-order valence-electron chi connectivity index (χ4n) is 4.12. The highest BCUT2D eigenvalue weighted by Crippen LogP contribution is 2.38. The lowest BCUT2D eigenvalue weighted by Crippen LogP contribution is -2.45. The minimum absolute atomic E-state index is 0.202. The highest BCUT2D eigenvalue weighted by molar-refractivity contribution is 9.11. The molecule has 0 spiro atoms. The van der Waals surface area contributed by atoms with Crippen molar-refractivity contribution >= 4 is 47.6 Å². The third-order valence-corrected chi connectivity index (χ3v) is 7.77. The Morgan fingerprint density at radius 1 is 1.06 bits per heavy atom. The number of sulfonamides is 1. The van der Waals surface area contributed by atoms with Crippen LogP contribution in [0.2, 0.25) is 0 Å². The monoisotopic (exact) mass is 563 g/mol. The van der Waals surface area contributed by atoms with E-state index >= 15 is 0 Å². The van der Waals surface area contributed by atoms with E-state index in [2.05, 4.69) is 53.9 Å². The van der Waals surface area contributed by atoms with Crippen LogP contribution in [0.1, 0.15) is 16.7 Å². The van der Waals surface area contributed by atoms with Gasteiger partial charge in [-0.05, 0) is 57.2 Å². The highest BCUT2D eigenvalue weighted by Gasteiger charge is 2.34. The first kappa shape index (κ1) is 22.5. The molecule has 4 rings (SSSR count). The van der Waals surface area contributed by atoms with E-state index < -0.39 is 10.0 Å². The molecule has 162 valence electrons. The molecule has 0 radical (unpaired) electrons. The molecule has 31 heavy (non-hydrogen) atoms. The summed E-state index contributed by atoms with van der Waals surface area (Å²) in [5.74, 6) is 0. The smallest absolute Gasteiger partial charge is 0.211 e. The molecule has 0 saturated carbocycles. The zero-order chi connectivity index (χ0) is 22.0. The van der Waals surface area contributed by atoms with Gasteiger partial charge in [0.05, 0.1) is 11.9 Å². The summed E-state index contributed by atoms with van der Waals surface area (Å²) in [6, 6.07) is 17.9. The van der Waals surface area contributed by atoms with Gasteiger partial charge in [-0.2, -0.15) is 4.31 Å². The van der Waals surface area contributed by atoms with Crippen LogP contribution in [0.5, 0.6) is 0 Å². The maximum atomic E-state index is 12.9. The van der Waals surface area contributed by atoms with Crippen LogP contribution >= 0.6 is 31.9 Å². The first-order chi connectivity index (χ1) is 14.8. The van der Waals surface area contributed by atoms with Crippen LogP contribution < -0.4 is 4.90 Å². The number of rotatable bonds is 5. The Morgan fingerprint density at radius 3 is 2.48 bits per heavy atom. The van der Waals surface area contributed by atoms with Gasteiger partial charge in [0, 0.05) is 47.0 Å². The summed E-state index contributed by atoms with van der Waals surface area (Å²) in [7, 11) is -3.42. The molecule has 1 aliphatic heterocycles. The number of hydrogen-bond donors (Lipinski definition) is 0. The van der Waals surface area contributed by atoms with Gasteiger partial charge in [-0.3, -0.25) is 4.98 Å². The minimum Gasteiger partial charge on any atom is -0.364 e. The average Bonchev–Trinajstić information content (AvgIpc) is 2.86. The number of hydrogen-bond acceptors (Lipinski definition) is 4. The lowest BCUT2D eigenvalue weighted by atomic mass is 10.1. The van der Waals surface area contributed by atoms with Crippen molar-refractivity contribution in [2.24, 2.45) is 0 Å². The van der Waals surface area contributed by atoms with Crippen molar-refractivity contribution in [3.05, 3.63) is 92.6 Å². The topological polar surface area (TPSA) is 53.5 Å². The molecule has 0 aliphatic carbocycles. The van der Waals surface area contributed by atoms with E-state index in [0.717, 1.165) is 31.3 Å². The predicted molar refractivity (Wildman–Crippen MR) is 131 cm³/mol. The molecule has 0 bridgehead atoms. The molecule has 2 heterocycles. The lowest BCUT2D eigenvalue weighted by Gasteiger charge is -2.32. The zero-order valence-electron chi connectivity index (χ0n) is 17.1. The molecule has 1 aromatic heterocycles. The van der Waals surface area contributed by atoms with E-state index in [1.807, 2.05) is 48.7 Å². The van der Waals surface area contributed by atoms with Crippen molar-refractivity contribution in [3.8, 4) is 0 Å². The Balaban J connectivity index is 1.80. The molecule has 1 unspecified atom stereocenters. The molecule has 1 aliphatic rings. The third-order valence-electron chi connectivity index (χ3n) is 5.42. The van der Waals surface area contributed by atoms with E-state index in [4.69, 9.17) is 0 Å². The Bertz CT molecular complexity index is 1160. The first-order valence-corrected chi connectivity index (χ1v) is 13.4. The van der Waals surface area contributed by atoms with Gasteiger partial charge in [0.25, 0.3) is 0 Å². The van der Waals surface area contributed by atoms with Gasteiger partial charge in [-0.25, -0.2) is 8.42 Å². The molecular weight excluding hydrogens is 542 g/mol. The minimum atomic E-state index is -3.42. The lowest BCUT2D eigenvalue weighted by molar-refractivity contribution is 0.320. The number of pyridine rings is 1. The molecule has 5 nitrogen and oxygen atoms in total. The largest absolute Gasteiger partial charge is 0.364 e. The van der Waals surface area contributed by atoms with E-state index in [9.17, 15) is 8.42 Å². The molecule has 0 saturated heterocycles.